The molecule has 3 rings (SSSR count). The molecule has 8 heteroatoms. The van der Waals surface area contributed by atoms with E-state index in [0.717, 1.165) is 38.2 Å². The first kappa shape index (κ1) is 22.4. The van der Waals surface area contributed by atoms with Gasteiger partial charge in [0.25, 0.3) is 0 Å². The summed E-state index contributed by atoms with van der Waals surface area (Å²) in [6.45, 7) is 5.55. The molecule has 0 atom stereocenters. The Morgan fingerprint density at radius 3 is 2.68 bits per heavy atom. The van der Waals surface area contributed by atoms with Crippen molar-refractivity contribution in [2.75, 3.05) is 37.5 Å². The third-order valence-corrected chi connectivity index (χ3v) is 5.35. The highest BCUT2D eigenvalue weighted by atomic mass is 16.5. The van der Waals surface area contributed by atoms with Crippen LogP contribution >= 0.6 is 0 Å². The van der Waals surface area contributed by atoms with Gasteiger partial charge >= 0.3 is 0 Å². The van der Waals surface area contributed by atoms with E-state index in [1.54, 1.807) is 7.11 Å². The lowest BCUT2D eigenvalue weighted by Gasteiger charge is -2.30. The molecular weight excluding hydrogens is 390 g/mol. The van der Waals surface area contributed by atoms with Crippen LogP contribution in [0.15, 0.2) is 53.6 Å². The van der Waals surface area contributed by atoms with Crippen LogP contribution < -0.4 is 10.7 Å². The first-order chi connectivity index (χ1) is 15.2. The van der Waals surface area contributed by atoms with E-state index in [1.807, 2.05) is 19.2 Å². The first-order valence-electron chi connectivity index (χ1n) is 10.5. The fourth-order valence-electron chi connectivity index (χ4n) is 3.44. The van der Waals surface area contributed by atoms with Crippen LogP contribution in [0.2, 0.25) is 0 Å². The Balaban J connectivity index is 1.50. The van der Waals surface area contributed by atoms with Gasteiger partial charge in [-0.2, -0.15) is 5.10 Å². The summed E-state index contributed by atoms with van der Waals surface area (Å²) in [7, 11) is 1.63. The highest BCUT2D eigenvalue weighted by molar-refractivity contribution is 5.90. The Bertz CT molecular complexity index is 890. The maximum absolute atomic E-state index is 7.74. The monoisotopic (exact) mass is 421 g/mol. The van der Waals surface area contributed by atoms with Crippen LogP contribution in [-0.2, 0) is 11.3 Å². The normalized spacial score (nSPS) is 15.7. The van der Waals surface area contributed by atoms with Crippen molar-refractivity contribution in [1.82, 2.24) is 14.9 Å². The van der Waals surface area contributed by atoms with E-state index in [0.29, 0.717) is 29.7 Å². The number of likely N-dealkylation sites (tertiary alicyclic amines) is 1. The molecule has 3 N–H and O–H groups in total. The standard InChI is InChI=1S/C23H31N7O/c1-18(31-2)8-11-25-22-21(14-24)23(27-17-26-22)29-28-15-19-9-12-30(13-10-19)16-20-6-4-3-5-7-20/h3-8,14-15,17,19,24H,9-13,16H2,1-2H3,(H2,25,26,27,29)/b18-8+,24-14?,28-15+. The van der Waals surface area contributed by atoms with Gasteiger partial charge in [0.15, 0.2) is 5.82 Å². The number of hydrogen-bond acceptors (Lipinski definition) is 8. The minimum absolute atomic E-state index is 0.435. The number of hydrogen-bond donors (Lipinski definition) is 3. The molecule has 1 aliphatic rings. The molecule has 1 aromatic carbocycles. The van der Waals surface area contributed by atoms with Crippen molar-refractivity contribution in [2.45, 2.75) is 26.3 Å². The largest absolute Gasteiger partial charge is 0.502 e. The summed E-state index contributed by atoms with van der Waals surface area (Å²) in [5.74, 6) is 2.34. The van der Waals surface area contributed by atoms with Crippen LogP contribution in [0.4, 0.5) is 11.6 Å². The van der Waals surface area contributed by atoms with Crippen molar-refractivity contribution >= 4 is 24.1 Å². The van der Waals surface area contributed by atoms with Gasteiger partial charge in [0.05, 0.1) is 18.4 Å². The Labute approximate surface area is 184 Å². The summed E-state index contributed by atoms with van der Waals surface area (Å²) in [5.41, 5.74) is 4.91. The quantitative estimate of drug-likeness (QED) is 0.307. The lowest BCUT2D eigenvalue weighted by Crippen LogP contribution is -2.33. The molecule has 0 spiro atoms. The van der Waals surface area contributed by atoms with Crippen molar-refractivity contribution in [3.63, 3.8) is 0 Å². The summed E-state index contributed by atoms with van der Waals surface area (Å²) in [5, 5.41) is 15.3. The average molecular weight is 422 g/mol. The van der Waals surface area contributed by atoms with E-state index in [4.69, 9.17) is 10.1 Å². The number of rotatable bonds is 10. The lowest BCUT2D eigenvalue weighted by molar-refractivity contribution is 0.203. The second-order valence-corrected chi connectivity index (χ2v) is 7.52. The molecule has 0 unspecified atom stereocenters. The van der Waals surface area contributed by atoms with Crippen molar-refractivity contribution in [2.24, 2.45) is 11.0 Å². The zero-order valence-corrected chi connectivity index (χ0v) is 18.2. The maximum atomic E-state index is 7.74. The molecule has 1 saturated heterocycles. The Morgan fingerprint density at radius 2 is 1.97 bits per heavy atom. The third-order valence-electron chi connectivity index (χ3n) is 5.35. The number of allylic oxidation sites excluding steroid dienone is 1. The minimum Gasteiger partial charge on any atom is -0.502 e. The van der Waals surface area contributed by atoms with Crippen LogP contribution in [-0.4, -0.2) is 54.0 Å². The fourth-order valence-corrected chi connectivity index (χ4v) is 3.44. The first-order valence-corrected chi connectivity index (χ1v) is 10.5. The maximum Gasteiger partial charge on any atom is 0.160 e. The summed E-state index contributed by atoms with van der Waals surface area (Å²) >= 11 is 0. The number of anilines is 2. The highest BCUT2D eigenvalue weighted by Crippen LogP contribution is 2.19. The van der Waals surface area contributed by atoms with E-state index in [9.17, 15) is 0 Å². The number of nitrogens with one attached hydrogen (secondary N) is 3. The van der Waals surface area contributed by atoms with E-state index in [2.05, 4.69) is 61.0 Å². The van der Waals surface area contributed by atoms with E-state index in [1.165, 1.54) is 18.1 Å². The fraction of sp³-hybridized carbons (Fsp3) is 0.391. The van der Waals surface area contributed by atoms with Crippen LogP contribution in [0.3, 0.4) is 0 Å². The van der Waals surface area contributed by atoms with Gasteiger partial charge in [0.1, 0.15) is 12.1 Å². The molecule has 0 bridgehead atoms. The second kappa shape index (κ2) is 11.8. The van der Waals surface area contributed by atoms with Crippen LogP contribution in [0.1, 0.15) is 30.9 Å². The van der Waals surface area contributed by atoms with E-state index in [-0.39, 0.29) is 0 Å². The molecule has 2 aromatic rings. The molecule has 0 amide bonds. The molecule has 0 saturated carbocycles. The topological polar surface area (TPSA) is 98.5 Å². The zero-order valence-electron chi connectivity index (χ0n) is 18.2. The number of ether oxygens (including phenoxy) is 1. The summed E-state index contributed by atoms with van der Waals surface area (Å²) in [4.78, 5) is 11.0. The van der Waals surface area contributed by atoms with Gasteiger partial charge in [0.2, 0.25) is 0 Å². The van der Waals surface area contributed by atoms with E-state index >= 15 is 0 Å². The summed E-state index contributed by atoms with van der Waals surface area (Å²) in [6.07, 6.45) is 8.73. The number of benzene rings is 1. The molecule has 31 heavy (non-hydrogen) atoms. The van der Waals surface area contributed by atoms with Crippen LogP contribution in [0.25, 0.3) is 0 Å². The number of methoxy groups -OCH3 is 1. The van der Waals surface area contributed by atoms with Crippen molar-refractivity contribution in [1.29, 1.82) is 5.41 Å². The van der Waals surface area contributed by atoms with Crippen molar-refractivity contribution in [3.8, 4) is 0 Å². The molecule has 1 aliphatic heterocycles. The van der Waals surface area contributed by atoms with Gasteiger partial charge in [-0.05, 0) is 50.4 Å². The smallest absolute Gasteiger partial charge is 0.160 e. The Hall–Kier alpha value is -3.26. The van der Waals surface area contributed by atoms with Gasteiger partial charge < -0.3 is 15.5 Å². The Kier molecular flexibility index (Phi) is 8.54. The van der Waals surface area contributed by atoms with Gasteiger partial charge in [0, 0.05) is 25.5 Å². The molecule has 1 fully saturated rings. The highest BCUT2D eigenvalue weighted by Gasteiger charge is 2.18. The number of nitrogens with zero attached hydrogens (tertiary/aromatic N) is 4. The lowest BCUT2D eigenvalue weighted by atomic mass is 9.98. The molecule has 0 radical (unpaired) electrons. The SMILES string of the molecule is CO/C(C)=C/CNc1ncnc(N/N=C/C2CCN(Cc3ccccc3)CC2)c1C=N. The Morgan fingerprint density at radius 1 is 1.23 bits per heavy atom. The zero-order chi connectivity index (χ0) is 21.9. The molecule has 8 nitrogen and oxygen atoms in total. The van der Waals surface area contributed by atoms with Crippen molar-refractivity contribution in [3.05, 3.63) is 59.6 Å². The van der Waals surface area contributed by atoms with Crippen molar-refractivity contribution < 1.29 is 4.74 Å². The van der Waals surface area contributed by atoms with Crippen LogP contribution in [0.5, 0.6) is 0 Å². The summed E-state index contributed by atoms with van der Waals surface area (Å²) < 4.78 is 5.12. The van der Waals surface area contributed by atoms with Gasteiger partial charge in [-0.15, -0.1) is 0 Å². The molecule has 1 aromatic heterocycles. The van der Waals surface area contributed by atoms with Gasteiger partial charge in [-0.1, -0.05) is 30.3 Å². The minimum atomic E-state index is 0.435. The van der Waals surface area contributed by atoms with Gasteiger partial charge in [-0.25, -0.2) is 9.97 Å². The predicted octanol–water partition coefficient (Wildman–Crippen LogP) is 3.75. The number of hydrazone groups is 1. The van der Waals surface area contributed by atoms with E-state index < -0.39 is 0 Å². The molecular formula is C23H31N7O. The molecule has 2 heterocycles. The number of aromatic nitrogens is 2. The average Bonchev–Trinajstić information content (AvgIpc) is 2.81. The molecule has 164 valence electrons. The second-order valence-electron chi connectivity index (χ2n) is 7.52. The number of piperidine rings is 1. The predicted molar refractivity (Wildman–Crippen MR) is 126 cm³/mol. The van der Waals surface area contributed by atoms with Gasteiger partial charge in [-0.3, -0.25) is 10.3 Å². The summed E-state index contributed by atoms with van der Waals surface area (Å²) in [6, 6.07) is 10.6. The van der Waals surface area contributed by atoms with Crippen LogP contribution in [0, 0.1) is 11.3 Å². The third kappa shape index (κ3) is 6.89. The molecule has 0 aliphatic carbocycles.